The molecule has 0 radical (unpaired) electrons. The molecule has 2 aromatic carbocycles. The summed E-state index contributed by atoms with van der Waals surface area (Å²) in [6.45, 7) is 0. The predicted molar refractivity (Wildman–Crippen MR) is 78.2 cm³/mol. The molecule has 4 heteroatoms. The maximum Gasteiger partial charge on any atom is 0.118 e. The van der Waals surface area contributed by atoms with E-state index in [1.54, 1.807) is 7.11 Å². The molecule has 0 bridgehead atoms. The molecule has 0 aromatic heterocycles. The molecule has 0 amide bonds. The van der Waals surface area contributed by atoms with Crippen LogP contribution >= 0.6 is 11.6 Å². The number of hydrogen-bond donors (Lipinski definition) is 2. The first-order chi connectivity index (χ1) is 9.22. The Morgan fingerprint density at radius 1 is 1.11 bits per heavy atom. The summed E-state index contributed by atoms with van der Waals surface area (Å²) in [5.41, 5.74) is 5.15. The van der Waals surface area contributed by atoms with Gasteiger partial charge in [-0.3, -0.25) is 11.3 Å². The van der Waals surface area contributed by atoms with Crippen molar-refractivity contribution in [2.75, 3.05) is 7.11 Å². The van der Waals surface area contributed by atoms with E-state index >= 15 is 0 Å². The van der Waals surface area contributed by atoms with Crippen molar-refractivity contribution in [1.82, 2.24) is 5.43 Å². The van der Waals surface area contributed by atoms with Gasteiger partial charge in [0.25, 0.3) is 0 Å². The van der Waals surface area contributed by atoms with E-state index in [9.17, 15) is 0 Å². The van der Waals surface area contributed by atoms with Crippen LogP contribution in [0.2, 0.25) is 5.02 Å². The van der Waals surface area contributed by atoms with Crippen LogP contribution in [-0.4, -0.2) is 7.11 Å². The molecular formula is C15H17ClN2O. The van der Waals surface area contributed by atoms with Gasteiger partial charge in [0.05, 0.1) is 7.11 Å². The number of benzene rings is 2. The lowest BCUT2D eigenvalue weighted by atomic mass is 9.99. The second kappa shape index (κ2) is 6.57. The number of methoxy groups -OCH3 is 1. The van der Waals surface area contributed by atoms with Crippen molar-refractivity contribution in [3.8, 4) is 5.75 Å². The lowest BCUT2D eigenvalue weighted by Crippen LogP contribution is -2.29. The summed E-state index contributed by atoms with van der Waals surface area (Å²) in [6, 6.07) is 15.7. The highest BCUT2D eigenvalue weighted by atomic mass is 35.5. The standard InChI is InChI=1S/C15H17ClN2O/c1-19-14-8-2-11(3-9-14)10-15(18-17)12-4-6-13(16)7-5-12/h2-9,15,18H,10,17H2,1H3. The third-order valence-corrected chi connectivity index (χ3v) is 3.32. The number of ether oxygens (including phenoxy) is 1. The van der Waals surface area contributed by atoms with Gasteiger partial charge in [0.1, 0.15) is 5.75 Å². The number of hydrazine groups is 1. The molecule has 2 rings (SSSR count). The minimum absolute atomic E-state index is 0.0608. The molecule has 0 saturated heterocycles. The van der Waals surface area contributed by atoms with Gasteiger partial charge in [0.2, 0.25) is 0 Å². The molecule has 19 heavy (non-hydrogen) atoms. The average Bonchev–Trinajstić information content (AvgIpc) is 2.46. The molecule has 0 aliphatic heterocycles. The number of hydrogen-bond acceptors (Lipinski definition) is 3. The van der Waals surface area contributed by atoms with Crippen molar-refractivity contribution in [3.63, 3.8) is 0 Å². The molecule has 3 N–H and O–H groups in total. The Morgan fingerprint density at radius 2 is 1.74 bits per heavy atom. The van der Waals surface area contributed by atoms with Gasteiger partial charge in [0, 0.05) is 11.1 Å². The molecule has 3 nitrogen and oxygen atoms in total. The molecule has 0 spiro atoms. The Kier molecular flexibility index (Phi) is 4.80. The van der Waals surface area contributed by atoms with Crippen molar-refractivity contribution >= 4 is 11.6 Å². The lowest BCUT2D eigenvalue weighted by molar-refractivity contribution is 0.414. The molecule has 100 valence electrons. The molecular weight excluding hydrogens is 260 g/mol. The summed E-state index contributed by atoms with van der Waals surface area (Å²) in [4.78, 5) is 0. The summed E-state index contributed by atoms with van der Waals surface area (Å²) < 4.78 is 5.14. The van der Waals surface area contributed by atoms with Gasteiger partial charge < -0.3 is 4.74 Å². The minimum atomic E-state index is 0.0608. The first-order valence-corrected chi connectivity index (χ1v) is 6.45. The van der Waals surface area contributed by atoms with Gasteiger partial charge in [-0.05, 0) is 41.8 Å². The molecule has 0 fully saturated rings. The van der Waals surface area contributed by atoms with Crippen LogP contribution in [0.5, 0.6) is 5.75 Å². The first kappa shape index (κ1) is 13.9. The van der Waals surface area contributed by atoms with Gasteiger partial charge in [-0.25, -0.2) is 0 Å². The maximum absolute atomic E-state index is 5.89. The first-order valence-electron chi connectivity index (χ1n) is 6.07. The summed E-state index contributed by atoms with van der Waals surface area (Å²) in [7, 11) is 1.66. The lowest BCUT2D eigenvalue weighted by Gasteiger charge is -2.16. The third-order valence-electron chi connectivity index (χ3n) is 3.07. The third kappa shape index (κ3) is 3.70. The van der Waals surface area contributed by atoms with Crippen LogP contribution in [0.1, 0.15) is 17.2 Å². The van der Waals surface area contributed by atoms with E-state index in [1.165, 1.54) is 5.56 Å². The van der Waals surface area contributed by atoms with Crippen molar-refractivity contribution in [2.45, 2.75) is 12.5 Å². The fourth-order valence-electron chi connectivity index (χ4n) is 1.97. The number of halogens is 1. The minimum Gasteiger partial charge on any atom is -0.497 e. The fraction of sp³-hybridized carbons (Fsp3) is 0.200. The van der Waals surface area contributed by atoms with E-state index < -0.39 is 0 Å². The zero-order chi connectivity index (χ0) is 13.7. The van der Waals surface area contributed by atoms with E-state index in [0.717, 1.165) is 22.8 Å². The van der Waals surface area contributed by atoms with E-state index in [1.807, 2.05) is 48.5 Å². The Balaban J connectivity index is 2.11. The molecule has 2 aromatic rings. The fourth-order valence-corrected chi connectivity index (χ4v) is 2.09. The zero-order valence-corrected chi connectivity index (χ0v) is 11.5. The van der Waals surface area contributed by atoms with Crippen LogP contribution in [-0.2, 0) is 6.42 Å². The topological polar surface area (TPSA) is 47.3 Å². The van der Waals surface area contributed by atoms with E-state index in [0.29, 0.717) is 0 Å². The van der Waals surface area contributed by atoms with Gasteiger partial charge >= 0.3 is 0 Å². The molecule has 0 heterocycles. The van der Waals surface area contributed by atoms with Crippen molar-refractivity contribution in [3.05, 3.63) is 64.7 Å². The molecule has 0 aliphatic carbocycles. The Hall–Kier alpha value is -1.55. The molecule has 0 saturated carbocycles. The molecule has 0 aliphatic rings. The van der Waals surface area contributed by atoms with Crippen LogP contribution in [0.25, 0.3) is 0 Å². The van der Waals surface area contributed by atoms with Gasteiger partial charge in [-0.1, -0.05) is 35.9 Å². The SMILES string of the molecule is COc1ccc(CC(NN)c2ccc(Cl)cc2)cc1. The Labute approximate surface area is 118 Å². The van der Waals surface area contributed by atoms with Crippen LogP contribution in [0.4, 0.5) is 0 Å². The Bertz CT molecular complexity index is 511. The van der Waals surface area contributed by atoms with Gasteiger partial charge in [-0.15, -0.1) is 0 Å². The maximum atomic E-state index is 5.89. The Morgan fingerprint density at radius 3 is 2.26 bits per heavy atom. The van der Waals surface area contributed by atoms with Crippen LogP contribution in [0.3, 0.4) is 0 Å². The van der Waals surface area contributed by atoms with Crippen LogP contribution in [0.15, 0.2) is 48.5 Å². The van der Waals surface area contributed by atoms with Gasteiger partial charge in [0.15, 0.2) is 0 Å². The summed E-state index contributed by atoms with van der Waals surface area (Å²) in [6.07, 6.45) is 0.808. The summed E-state index contributed by atoms with van der Waals surface area (Å²) in [5, 5.41) is 0.726. The van der Waals surface area contributed by atoms with Crippen LogP contribution < -0.4 is 16.0 Å². The van der Waals surface area contributed by atoms with Gasteiger partial charge in [-0.2, -0.15) is 0 Å². The van der Waals surface area contributed by atoms with Crippen molar-refractivity contribution in [2.24, 2.45) is 5.84 Å². The highest BCUT2D eigenvalue weighted by Crippen LogP contribution is 2.21. The zero-order valence-electron chi connectivity index (χ0n) is 10.8. The molecule has 1 unspecified atom stereocenters. The monoisotopic (exact) mass is 276 g/mol. The number of rotatable bonds is 5. The normalized spacial score (nSPS) is 12.2. The quantitative estimate of drug-likeness (QED) is 0.652. The smallest absolute Gasteiger partial charge is 0.118 e. The van der Waals surface area contributed by atoms with Crippen LogP contribution in [0, 0.1) is 0 Å². The highest BCUT2D eigenvalue weighted by Gasteiger charge is 2.10. The predicted octanol–water partition coefficient (Wildman–Crippen LogP) is 3.10. The van der Waals surface area contributed by atoms with E-state index in [-0.39, 0.29) is 6.04 Å². The number of nitrogens with two attached hydrogens (primary N) is 1. The largest absolute Gasteiger partial charge is 0.497 e. The summed E-state index contributed by atoms with van der Waals surface area (Å²) in [5.74, 6) is 6.49. The summed E-state index contributed by atoms with van der Waals surface area (Å²) >= 11 is 5.89. The second-order valence-corrected chi connectivity index (χ2v) is 4.76. The van der Waals surface area contributed by atoms with E-state index in [2.05, 4.69) is 5.43 Å². The van der Waals surface area contributed by atoms with Crippen molar-refractivity contribution in [1.29, 1.82) is 0 Å². The molecule has 1 atom stereocenters. The van der Waals surface area contributed by atoms with Crippen molar-refractivity contribution < 1.29 is 4.74 Å². The second-order valence-electron chi connectivity index (χ2n) is 4.32. The number of nitrogens with one attached hydrogen (secondary N) is 1. The average molecular weight is 277 g/mol. The van der Waals surface area contributed by atoms with E-state index in [4.69, 9.17) is 22.2 Å². The highest BCUT2D eigenvalue weighted by molar-refractivity contribution is 6.30.